The Hall–Kier alpha value is -2.70. The third-order valence-corrected chi connectivity index (χ3v) is 5.45. The largest absolute Gasteiger partial charge is 0.503 e. The van der Waals surface area contributed by atoms with Crippen LogP contribution in [0.15, 0.2) is 21.7 Å². The van der Waals surface area contributed by atoms with Crippen molar-refractivity contribution < 1.29 is 19.3 Å². The Bertz CT molecular complexity index is 897. The Morgan fingerprint density at radius 2 is 1.61 bits per heavy atom. The molecule has 2 aliphatic heterocycles. The summed E-state index contributed by atoms with van der Waals surface area (Å²) >= 11 is 3.31. The van der Waals surface area contributed by atoms with Gasteiger partial charge in [-0.2, -0.15) is 20.1 Å². The number of ether oxygens (including phenoxy) is 3. The Labute approximate surface area is 188 Å². The molecule has 11 nitrogen and oxygen atoms in total. The van der Waals surface area contributed by atoms with Gasteiger partial charge in [0.1, 0.15) is 0 Å². The van der Waals surface area contributed by atoms with Gasteiger partial charge in [-0.3, -0.25) is 0 Å². The van der Waals surface area contributed by atoms with Gasteiger partial charge in [0.25, 0.3) is 0 Å². The van der Waals surface area contributed by atoms with E-state index in [1.165, 1.54) is 7.11 Å². The quantitative estimate of drug-likeness (QED) is 0.452. The minimum absolute atomic E-state index is 0.0374. The summed E-state index contributed by atoms with van der Waals surface area (Å²) in [4.78, 5) is 17.9. The predicted octanol–water partition coefficient (Wildman–Crippen LogP) is 1.47. The van der Waals surface area contributed by atoms with E-state index in [2.05, 4.69) is 51.2 Å². The molecule has 0 saturated carbocycles. The maximum atomic E-state index is 9.95. The first-order valence-electron chi connectivity index (χ1n) is 9.91. The van der Waals surface area contributed by atoms with Gasteiger partial charge in [-0.1, -0.05) is 0 Å². The molecule has 2 aliphatic rings. The van der Waals surface area contributed by atoms with Crippen LogP contribution in [0.25, 0.3) is 0 Å². The van der Waals surface area contributed by atoms with Gasteiger partial charge in [0.15, 0.2) is 11.5 Å². The molecular formula is C19H24BrN7O4. The maximum Gasteiger partial charge on any atom is 0.250 e. The van der Waals surface area contributed by atoms with Gasteiger partial charge in [0, 0.05) is 26.2 Å². The molecule has 1 aromatic heterocycles. The molecule has 0 atom stereocenters. The smallest absolute Gasteiger partial charge is 0.250 e. The average Bonchev–Trinajstić information content (AvgIpc) is 2.82. The van der Waals surface area contributed by atoms with Crippen LogP contribution in [0.4, 0.5) is 17.8 Å². The number of phenolic OH excluding ortho intramolecular Hbond substituents is 1. The first-order chi connectivity index (χ1) is 15.1. The number of halogens is 1. The topological polar surface area (TPSA) is 117 Å². The summed E-state index contributed by atoms with van der Waals surface area (Å²) in [7, 11) is 1.49. The van der Waals surface area contributed by atoms with Crippen molar-refractivity contribution in [2.75, 3.05) is 74.9 Å². The summed E-state index contributed by atoms with van der Waals surface area (Å²) in [5, 5.41) is 14.2. The first kappa shape index (κ1) is 21.5. The van der Waals surface area contributed by atoms with Crippen LogP contribution in [0.2, 0.25) is 0 Å². The number of anilines is 3. The number of aromatic nitrogens is 3. The summed E-state index contributed by atoms with van der Waals surface area (Å²) in [6.07, 6.45) is 1.60. The number of hydrogen-bond donors (Lipinski definition) is 2. The molecule has 2 fully saturated rings. The molecule has 2 N–H and O–H groups in total. The van der Waals surface area contributed by atoms with Gasteiger partial charge in [-0.25, -0.2) is 5.43 Å². The zero-order valence-corrected chi connectivity index (χ0v) is 18.7. The molecule has 166 valence electrons. The molecule has 0 bridgehead atoms. The fourth-order valence-electron chi connectivity index (χ4n) is 3.20. The molecule has 2 aromatic rings. The fraction of sp³-hybridized carbons (Fsp3) is 0.474. The van der Waals surface area contributed by atoms with Crippen LogP contribution in [0.1, 0.15) is 5.56 Å². The van der Waals surface area contributed by atoms with Crippen LogP contribution in [0.5, 0.6) is 11.5 Å². The van der Waals surface area contributed by atoms with Crippen molar-refractivity contribution in [3.8, 4) is 11.5 Å². The predicted molar refractivity (Wildman–Crippen MR) is 119 cm³/mol. The third kappa shape index (κ3) is 5.32. The lowest BCUT2D eigenvalue weighted by atomic mass is 10.2. The van der Waals surface area contributed by atoms with Gasteiger partial charge >= 0.3 is 0 Å². The molecule has 0 radical (unpaired) electrons. The van der Waals surface area contributed by atoms with Gasteiger partial charge in [0.2, 0.25) is 17.8 Å². The third-order valence-electron chi connectivity index (χ3n) is 4.85. The summed E-state index contributed by atoms with van der Waals surface area (Å²) in [5.41, 5.74) is 3.62. The summed E-state index contributed by atoms with van der Waals surface area (Å²) < 4.78 is 16.6. The second-order valence-electron chi connectivity index (χ2n) is 6.88. The van der Waals surface area contributed by atoms with Gasteiger partial charge in [-0.15, -0.1) is 0 Å². The summed E-state index contributed by atoms with van der Waals surface area (Å²) in [5.74, 6) is 1.91. The van der Waals surface area contributed by atoms with Gasteiger partial charge in [-0.05, 0) is 33.6 Å². The zero-order valence-electron chi connectivity index (χ0n) is 17.1. The maximum absolute atomic E-state index is 9.95. The van der Waals surface area contributed by atoms with Crippen molar-refractivity contribution in [1.29, 1.82) is 0 Å². The van der Waals surface area contributed by atoms with E-state index < -0.39 is 0 Å². The Kier molecular flexibility index (Phi) is 6.99. The lowest BCUT2D eigenvalue weighted by Gasteiger charge is -2.30. The lowest BCUT2D eigenvalue weighted by molar-refractivity contribution is 0.121. The number of rotatable bonds is 6. The highest BCUT2D eigenvalue weighted by molar-refractivity contribution is 9.10. The van der Waals surface area contributed by atoms with E-state index in [9.17, 15) is 5.11 Å². The molecule has 12 heteroatoms. The highest BCUT2D eigenvalue weighted by atomic mass is 79.9. The first-order valence-corrected chi connectivity index (χ1v) is 10.7. The average molecular weight is 494 g/mol. The van der Waals surface area contributed by atoms with Crippen molar-refractivity contribution in [2.24, 2.45) is 5.10 Å². The Morgan fingerprint density at radius 1 is 1.03 bits per heavy atom. The van der Waals surface area contributed by atoms with Crippen LogP contribution >= 0.6 is 15.9 Å². The molecule has 4 rings (SSSR count). The van der Waals surface area contributed by atoms with Crippen LogP contribution in [-0.2, 0) is 9.47 Å². The minimum atomic E-state index is 0.0374. The highest BCUT2D eigenvalue weighted by Gasteiger charge is 2.20. The molecule has 0 aliphatic carbocycles. The molecule has 0 spiro atoms. The van der Waals surface area contributed by atoms with E-state index in [0.29, 0.717) is 54.5 Å². The number of nitrogens with zero attached hydrogens (tertiary/aromatic N) is 6. The van der Waals surface area contributed by atoms with E-state index in [1.807, 2.05) is 0 Å². The number of morpholine rings is 2. The van der Waals surface area contributed by atoms with Crippen molar-refractivity contribution in [1.82, 2.24) is 15.0 Å². The molecule has 1 aromatic carbocycles. The minimum Gasteiger partial charge on any atom is -0.503 e. The van der Waals surface area contributed by atoms with Crippen LogP contribution in [0, 0.1) is 0 Å². The molecule has 31 heavy (non-hydrogen) atoms. The second-order valence-corrected chi connectivity index (χ2v) is 7.74. The van der Waals surface area contributed by atoms with E-state index >= 15 is 0 Å². The number of hydrogen-bond acceptors (Lipinski definition) is 11. The van der Waals surface area contributed by atoms with Gasteiger partial charge in [0.05, 0.1) is 44.2 Å². The van der Waals surface area contributed by atoms with Crippen LogP contribution < -0.4 is 20.0 Å². The van der Waals surface area contributed by atoms with Gasteiger partial charge < -0.3 is 29.1 Å². The standard InChI is InChI=1S/C19H24BrN7O4/c1-29-15-11-13(10-14(20)16(15)28)12-21-25-17-22-18(26-2-6-30-7-3-26)24-19(23-17)27-4-8-31-9-5-27/h10-12,28H,2-9H2,1H3,(H,22,23,24,25)/b21-12+. The normalized spacial score (nSPS) is 17.2. The van der Waals surface area contributed by atoms with Crippen molar-refractivity contribution in [3.05, 3.63) is 22.2 Å². The highest BCUT2D eigenvalue weighted by Crippen LogP contribution is 2.34. The molecular weight excluding hydrogens is 470 g/mol. The Morgan fingerprint density at radius 3 is 2.16 bits per heavy atom. The van der Waals surface area contributed by atoms with E-state index in [1.54, 1.807) is 18.3 Å². The summed E-state index contributed by atoms with van der Waals surface area (Å²) in [6.45, 7) is 5.42. The second kappa shape index (κ2) is 10.1. The monoisotopic (exact) mass is 493 g/mol. The number of phenols is 1. The zero-order chi connectivity index (χ0) is 21.6. The Balaban J connectivity index is 1.56. The van der Waals surface area contributed by atoms with Crippen LogP contribution in [0.3, 0.4) is 0 Å². The van der Waals surface area contributed by atoms with Crippen molar-refractivity contribution in [2.45, 2.75) is 0 Å². The number of hydrazone groups is 1. The van der Waals surface area contributed by atoms with Crippen LogP contribution in [-0.4, -0.2) is 86.0 Å². The molecule has 0 amide bonds. The molecule has 2 saturated heterocycles. The molecule has 3 heterocycles. The SMILES string of the molecule is COc1cc(/C=N/Nc2nc(N3CCOCC3)nc(N3CCOCC3)n2)cc(Br)c1O. The molecule has 0 unspecified atom stereocenters. The van der Waals surface area contributed by atoms with E-state index in [4.69, 9.17) is 14.2 Å². The van der Waals surface area contributed by atoms with Crippen molar-refractivity contribution in [3.63, 3.8) is 0 Å². The number of aromatic hydroxyl groups is 1. The number of methoxy groups -OCH3 is 1. The van der Waals surface area contributed by atoms with E-state index in [0.717, 1.165) is 31.7 Å². The number of nitrogens with one attached hydrogen (secondary N) is 1. The van der Waals surface area contributed by atoms with Crippen molar-refractivity contribution >= 4 is 40.0 Å². The number of benzene rings is 1. The summed E-state index contributed by atoms with van der Waals surface area (Å²) in [6, 6.07) is 3.41. The fourth-order valence-corrected chi connectivity index (χ4v) is 3.66. The lowest BCUT2D eigenvalue weighted by Crippen LogP contribution is -2.40. The van der Waals surface area contributed by atoms with E-state index in [-0.39, 0.29) is 5.75 Å².